The van der Waals surface area contributed by atoms with Gasteiger partial charge in [-0.25, -0.2) is 28.8 Å². The molecule has 0 aromatic rings. The Bertz CT molecular complexity index is 1050. The lowest BCUT2D eigenvalue weighted by Crippen LogP contribution is -2.51. The Hall–Kier alpha value is -4.62. The van der Waals surface area contributed by atoms with Gasteiger partial charge in [-0.15, -0.1) is 0 Å². The molecule has 0 radical (unpaired) electrons. The Morgan fingerprint density at radius 3 is 1.45 bits per heavy atom. The van der Waals surface area contributed by atoms with E-state index in [9.17, 15) is 28.8 Å². The third-order valence-electron chi connectivity index (χ3n) is 6.29. The molecule has 1 rings (SSSR count). The fourth-order valence-electron chi connectivity index (χ4n) is 4.87. The van der Waals surface area contributed by atoms with Crippen molar-refractivity contribution < 1.29 is 57.2 Å². The maximum Gasteiger partial charge on any atom is 0.407 e. The highest BCUT2D eigenvalue weighted by Gasteiger charge is 2.42. The summed E-state index contributed by atoms with van der Waals surface area (Å²) < 4.78 is 30.4. The van der Waals surface area contributed by atoms with Gasteiger partial charge < -0.3 is 39.1 Å². The third-order valence-corrected chi connectivity index (χ3v) is 6.29. The van der Waals surface area contributed by atoms with Crippen molar-refractivity contribution in [2.45, 2.75) is 58.3 Å². The molecule has 0 bridgehead atoms. The van der Waals surface area contributed by atoms with E-state index >= 15 is 0 Å². The Kier molecular flexibility index (Phi) is 15.4. The summed E-state index contributed by atoms with van der Waals surface area (Å²) in [5.74, 6) is -2.98. The van der Waals surface area contributed by atoms with Crippen molar-refractivity contribution in [1.82, 2.24) is 10.6 Å². The Balaban J connectivity index is 2.82. The van der Waals surface area contributed by atoms with Crippen LogP contribution in [0.1, 0.15) is 40.0 Å². The number of hydrogen-bond acceptors (Lipinski definition) is 12. The Morgan fingerprint density at radius 2 is 1.07 bits per heavy atom. The van der Waals surface area contributed by atoms with Crippen LogP contribution in [0, 0.1) is 10.8 Å². The van der Waals surface area contributed by atoms with Crippen molar-refractivity contribution in [3.05, 3.63) is 50.6 Å². The van der Waals surface area contributed by atoms with E-state index in [0.29, 0.717) is 19.3 Å². The molecule has 1 aliphatic rings. The second-order valence-electron chi connectivity index (χ2n) is 11.1. The quantitative estimate of drug-likeness (QED) is 0.138. The minimum absolute atomic E-state index is 0.158. The molecule has 14 heteroatoms. The van der Waals surface area contributed by atoms with Crippen LogP contribution in [0.2, 0.25) is 0 Å². The molecule has 0 aromatic heterocycles. The second-order valence-corrected chi connectivity index (χ2v) is 11.1. The van der Waals surface area contributed by atoms with Gasteiger partial charge in [0.2, 0.25) is 0 Å². The van der Waals surface area contributed by atoms with Crippen molar-refractivity contribution in [3.63, 3.8) is 0 Å². The number of rotatable bonds is 17. The molecule has 0 aliphatic heterocycles. The van der Waals surface area contributed by atoms with Gasteiger partial charge in [-0.05, 0) is 30.1 Å². The summed E-state index contributed by atoms with van der Waals surface area (Å²) in [5, 5.41) is 5.51. The van der Waals surface area contributed by atoms with E-state index in [1.54, 1.807) is 0 Å². The third kappa shape index (κ3) is 15.0. The molecule has 0 spiro atoms. The van der Waals surface area contributed by atoms with Crippen LogP contribution in [0.3, 0.4) is 0 Å². The van der Waals surface area contributed by atoms with E-state index < -0.39 is 53.7 Å². The van der Waals surface area contributed by atoms with Gasteiger partial charge in [0.05, 0.1) is 0 Å². The monoisotopic (exact) mass is 622 g/mol. The van der Waals surface area contributed by atoms with Crippen LogP contribution in [-0.2, 0) is 47.6 Å². The fourth-order valence-corrected chi connectivity index (χ4v) is 4.87. The maximum absolute atomic E-state index is 12.8. The molecule has 0 aromatic carbocycles. The highest BCUT2D eigenvalue weighted by molar-refractivity contribution is 5.82. The van der Waals surface area contributed by atoms with Crippen LogP contribution in [0.4, 0.5) is 9.59 Å². The van der Waals surface area contributed by atoms with E-state index in [4.69, 9.17) is 28.4 Å². The normalized spacial score (nSPS) is 18.5. The molecular weight excluding hydrogens is 580 g/mol. The number of amides is 2. The predicted molar refractivity (Wildman–Crippen MR) is 156 cm³/mol. The van der Waals surface area contributed by atoms with Crippen LogP contribution in [0.15, 0.2) is 50.6 Å². The molecule has 14 nitrogen and oxygen atoms in total. The molecule has 44 heavy (non-hydrogen) atoms. The van der Waals surface area contributed by atoms with E-state index in [2.05, 4.69) is 36.9 Å². The van der Waals surface area contributed by atoms with E-state index in [1.165, 1.54) is 0 Å². The minimum Gasteiger partial charge on any atom is -0.458 e. The number of nitrogens with one attached hydrogen (secondary N) is 2. The average Bonchev–Trinajstić information content (AvgIpc) is 2.96. The average molecular weight is 623 g/mol. The van der Waals surface area contributed by atoms with Crippen molar-refractivity contribution in [2.75, 3.05) is 33.0 Å². The summed E-state index contributed by atoms with van der Waals surface area (Å²) in [6.45, 7) is 17.8. The van der Waals surface area contributed by atoms with E-state index in [-0.39, 0.29) is 44.4 Å². The van der Waals surface area contributed by atoms with Gasteiger partial charge in [-0.2, -0.15) is 0 Å². The van der Waals surface area contributed by atoms with Gasteiger partial charge in [0.15, 0.2) is 12.2 Å². The lowest BCUT2D eigenvalue weighted by Gasteiger charge is -2.46. The number of esters is 4. The number of hydrogen-bond donors (Lipinski definition) is 2. The summed E-state index contributed by atoms with van der Waals surface area (Å²) in [4.78, 5) is 71.2. The lowest BCUT2D eigenvalue weighted by molar-refractivity contribution is -0.147. The molecule has 244 valence electrons. The molecule has 2 amide bonds. The molecule has 1 saturated carbocycles. The van der Waals surface area contributed by atoms with Crippen molar-refractivity contribution >= 4 is 36.1 Å². The van der Waals surface area contributed by atoms with Gasteiger partial charge in [0.25, 0.3) is 0 Å². The zero-order valence-corrected chi connectivity index (χ0v) is 25.4. The lowest BCUT2D eigenvalue weighted by atomic mass is 9.62. The largest absolute Gasteiger partial charge is 0.458 e. The number of ether oxygens (including phenoxy) is 6. The Labute approximate surface area is 256 Å². The Morgan fingerprint density at radius 1 is 0.682 bits per heavy atom. The first-order valence-electron chi connectivity index (χ1n) is 13.7. The van der Waals surface area contributed by atoms with Crippen LogP contribution in [0.5, 0.6) is 0 Å². The molecule has 1 aliphatic carbocycles. The molecule has 0 heterocycles. The highest BCUT2D eigenvalue weighted by atomic mass is 16.6. The zero-order chi connectivity index (χ0) is 33.3. The van der Waals surface area contributed by atoms with Crippen molar-refractivity contribution in [3.8, 4) is 0 Å². The second kappa shape index (κ2) is 18.1. The molecule has 2 unspecified atom stereocenters. The molecule has 2 N–H and O–H groups in total. The van der Waals surface area contributed by atoms with Crippen LogP contribution < -0.4 is 10.6 Å². The first kappa shape index (κ1) is 37.4. The van der Waals surface area contributed by atoms with E-state index in [0.717, 1.165) is 24.3 Å². The van der Waals surface area contributed by atoms with Gasteiger partial charge in [0, 0.05) is 36.9 Å². The number of carbonyl (C=O) groups excluding carboxylic acids is 6. The van der Waals surface area contributed by atoms with E-state index in [1.807, 2.05) is 20.8 Å². The molecule has 0 saturated heterocycles. The SMILES string of the molecule is C=CC(=O)OCC(COC(=O)C=C)OC(=O)NCC1(C)CC(NC(=O)OC(COC(=O)C=C)COC(=O)C=C)CC(C)(C)C1. The standard InChI is InChI=1S/C30H42N2O12/c1-8-23(33)39-14-21(15-40-24(34)9-2)43-27(37)31-19-30(7)13-20(12-29(5,6)18-30)32-28(38)44-22(16-41-25(35)10-3)17-42-26(36)11-4/h8-11,20-22H,1-4,12-19H2,5-7H3,(H,31,37)(H,32,38). The summed E-state index contributed by atoms with van der Waals surface area (Å²) in [5.41, 5.74) is -0.758. The fraction of sp³-hybridized carbons (Fsp3) is 0.533. The number of carbonyl (C=O) groups is 6. The van der Waals surface area contributed by atoms with Gasteiger partial charge in [-0.1, -0.05) is 47.1 Å². The topological polar surface area (TPSA) is 182 Å². The van der Waals surface area contributed by atoms with Crippen LogP contribution in [-0.4, -0.2) is 87.3 Å². The van der Waals surface area contributed by atoms with Crippen LogP contribution in [0.25, 0.3) is 0 Å². The summed E-state index contributed by atoms with van der Waals surface area (Å²) in [7, 11) is 0. The smallest absolute Gasteiger partial charge is 0.407 e. The van der Waals surface area contributed by atoms with Gasteiger partial charge in [-0.3, -0.25) is 0 Å². The first-order valence-corrected chi connectivity index (χ1v) is 13.7. The van der Waals surface area contributed by atoms with Crippen molar-refractivity contribution in [2.24, 2.45) is 10.8 Å². The molecule has 1 fully saturated rings. The molecular formula is C30H42N2O12. The van der Waals surface area contributed by atoms with Crippen LogP contribution >= 0.6 is 0 Å². The van der Waals surface area contributed by atoms with Gasteiger partial charge in [0.1, 0.15) is 26.4 Å². The summed E-state index contributed by atoms with van der Waals surface area (Å²) in [6.07, 6.45) is 1.65. The zero-order valence-electron chi connectivity index (χ0n) is 25.4. The predicted octanol–water partition coefficient (Wildman–Crippen LogP) is 2.68. The summed E-state index contributed by atoms with van der Waals surface area (Å²) >= 11 is 0. The highest BCUT2D eigenvalue weighted by Crippen LogP contribution is 2.45. The maximum atomic E-state index is 12.8. The first-order chi connectivity index (χ1) is 20.6. The number of alkyl carbamates (subject to hydrolysis) is 2. The van der Waals surface area contributed by atoms with Crippen molar-refractivity contribution in [1.29, 1.82) is 0 Å². The van der Waals surface area contributed by atoms with Gasteiger partial charge >= 0.3 is 36.1 Å². The summed E-state index contributed by atoms with van der Waals surface area (Å²) in [6, 6.07) is -0.370. The molecule has 2 atom stereocenters. The minimum atomic E-state index is -1.09.